The van der Waals surface area contributed by atoms with E-state index >= 15 is 0 Å². The van der Waals surface area contributed by atoms with Gasteiger partial charge in [-0.15, -0.1) is 0 Å². The van der Waals surface area contributed by atoms with Gasteiger partial charge >= 0.3 is 5.97 Å². The molecule has 0 bridgehead atoms. The molecule has 1 N–H and O–H groups in total. The van der Waals surface area contributed by atoms with Crippen molar-refractivity contribution in [3.63, 3.8) is 0 Å². The standard InChI is InChI=1S/C17H14BrF2NO3/c1-10(14-6-5-13(19)8-15(14)20)21-16(22)9-24-17(23)11-3-2-4-12(18)7-11/h2-8,10H,9H2,1H3,(H,21,22)/t10-/m0/s1. The molecule has 0 fully saturated rings. The number of nitrogens with one attached hydrogen (secondary N) is 1. The van der Waals surface area contributed by atoms with E-state index in [1.807, 2.05) is 0 Å². The summed E-state index contributed by atoms with van der Waals surface area (Å²) in [7, 11) is 0. The number of carbonyl (C=O) groups is 2. The minimum absolute atomic E-state index is 0.142. The third-order valence-corrected chi connectivity index (χ3v) is 3.69. The molecule has 2 aromatic carbocycles. The minimum Gasteiger partial charge on any atom is -0.452 e. The van der Waals surface area contributed by atoms with E-state index in [2.05, 4.69) is 21.2 Å². The highest BCUT2D eigenvalue weighted by Gasteiger charge is 2.16. The van der Waals surface area contributed by atoms with Crippen molar-refractivity contribution >= 4 is 27.8 Å². The molecule has 0 saturated carbocycles. The molecule has 0 aliphatic rings. The maximum absolute atomic E-state index is 13.6. The lowest BCUT2D eigenvalue weighted by molar-refractivity contribution is -0.124. The van der Waals surface area contributed by atoms with E-state index in [0.717, 1.165) is 12.1 Å². The van der Waals surface area contributed by atoms with Crippen LogP contribution in [-0.2, 0) is 9.53 Å². The van der Waals surface area contributed by atoms with Gasteiger partial charge < -0.3 is 10.1 Å². The first-order valence-corrected chi connectivity index (χ1v) is 7.83. The van der Waals surface area contributed by atoms with Crippen LogP contribution in [0.15, 0.2) is 46.9 Å². The highest BCUT2D eigenvalue weighted by molar-refractivity contribution is 9.10. The minimum atomic E-state index is -0.756. The molecule has 2 rings (SSSR count). The number of hydrogen-bond donors (Lipinski definition) is 1. The summed E-state index contributed by atoms with van der Waals surface area (Å²) in [6.07, 6.45) is 0. The lowest BCUT2D eigenvalue weighted by Crippen LogP contribution is -2.31. The molecule has 24 heavy (non-hydrogen) atoms. The molecule has 2 aromatic rings. The number of hydrogen-bond acceptors (Lipinski definition) is 3. The van der Waals surface area contributed by atoms with Gasteiger partial charge in [-0.3, -0.25) is 4.79 Å². The molecule has 0 aliphatic heterocycles. The van der Waals surface area contributed by atoms with Crippen LogP contribution in [0.25, 0.3) is 0 Å². The van der Waals surface area contributed by atoms with Crippen molar-refractivity contribution in [3.05, 3.63) is 69.7 Å². The summed E-state index contributed by atoms with van der Waals surface area (Å²) in [5, 5.41) is 2.49. The Kier molecular flexibility index (Phi) is 6.03. The summed E-state index contributed by atoms with van der Waals surface area (Å²) in [6.45, 7) is 1.04. The van der Waals surface area contributed by atoms with Gasteiger partial charge in [0.25, 0.3) is 5.91 Å². The average molecular weight is 398 g/mol. The van der Waals surface area contributed by atoms with Crippen molar-refractivity contribution in [2.24, 2.45) is 0 Å². The van der Waals surface area contributed by atoms with Crippen molar-refractivity contribution in [2.75, 3.05) is 6.61 Å². The molecule has 0 radical (unpaired) electrons. The van der Waals surface area contributed by atoms with Gasteiger partial charge in [-0.25, -0.2) is 13.6 Å². The summed E-state index contributed by atoms with van der Waals surface area (Å²) in [6, 6.07) is 8.95. The van der Waals surface area contributed by atoms with Crippen LogP contribution in [0.2, 0.25) is 0 Å². The molecule has 4 nitrogen and oxygen atoms in total. The van der Waals surface area contributed by atoms with Gasteiger partial charge in [0, 0.05) is 16.1 Å². The number of benzene rings is 2. The van der Waals surface area contributed by atoms with E-state index in [9.17, 15) is 18.4 Å². The fourth-order valence-corrected chi connectivity index (χ4v) is 2.44. The predicted molar refractivity (Wildman–Crippen MR) is 87.3 cm³/mol. The molecule has 0 unspecified atom stereocenters. The highest BCUT2D eigenvalue weighted by Crippen LogP contribution is 2.17. The topological polar surface area (TPSA) is 55.4 Å². The molecule has 7 heteroatoms. The predicted octanol–water partition coefficient (Wildman–Crippen LogP) is 3.76. The van der Waals surface area contributed by atoms with Crippen molar-refractivity contribution in [1.29, 1.82) is 0 Å². The normalized spacial score (nSPS) is 11.7. The van der Waals surface area contributed by atoms with Gasteiger partial charge in [0.1, 0.15) is 11.6 Å². The van der Waals surface area contributed by atoms with Crippen LogP contribution in [0.4, 0.5) is 8.78 Å². The zero-order valence-electron chi connectivity index (χ0n) is 12.7. The van der Waals surface area contributed by atoms with Gasteiger partial charge in [-0.2, -0.15) is 0 Å². The Balaban J connectivity index is 1.90. The second-order valence-corrected chi connectivity index (χ2v) is 5.96. The monoisotopic (exact) mass is 397 g/mol. The van der Waals surface area contributed by atoms with Crippen LogP contribution in [0.1, 0.15) is 28.9 Å². The summed E-state index contributed by atoms with van der Waals surface area (Å²) in [5.41, 5.74) is 0.442. The number of esters is 1. The highest BCUT2D eigenvalue weighted by atomic mass is 79.9. The zero-order chi connectivity index (χ0) is 17.7. The number of rotatable bonds is 5. The van der Waals surface area contributed by atoms with Crippen LogP contribution in [0.3, 0.4) is 0 Å². The lowest BCUT2D eigenvalue weighted by atomic mass is 10.1. The Morgan fingerprint density at radius 3 is 2.62 bits per heavy atom. The van der Waals surface area contributed by atoms with E-state index in [-0.39, 0.29) is 5.56 Å². The zero-order valence-corrected chi connectivity index (χ0v) is 14.3. The Morgan fingerprint density at radius 1 is 1.21 bits per heavy atom. The Labute approximate surface area is 145 Å². The Hall–Kier alpha value is -2.28. The van der Waals surface area contributed by atoms with Crippen LogP contribution in [0, 0.1) is 11.6 Å². The van der Waals surface area contributed by atoms with E-state index in [0.29, 0.717) is 10.0 Å². The Bertz CT molecular complexity index is 767. The van der Waals surface area contributed by atoms with Crippen molar-refractivity contribution in [1.82, 2.24) is 5.32 Å². The quantitative estimate of drug-likeness (QED) is 0.781. The van der Waals surface area contributed by atoms with E-state index in [1.54, 1.807) is 31.2 Å². The number of ether oxygens (including phenoxy) is 1. The average Bonchev–Trinajstić information content (AvgIpc) is 2.52. The lowest BCUT2D eigenvalue weighted by Gasteiger charge is -2.15. The molecule has 0 spiro atoms. The molecular weight excluding hydrogens is 384 g/mol. The summed E-state index contributed by atoms with van der Waals surface area (Å²) in [5.74, 6) is -2.69. The summed E-state index contributed by atoms with van der Waals surface area (Å²) in [4.78, 5) is 23.6. The van der Waals surface area contributed by atoms with E-state index < -0.39 is 36.2 Å². The second-order valence-electron chi connectivity index (χ2n) is 5.04. The molecule has 0 aliphatic carbocycles. The van der Waals surface area contributed by atoms with Gasteiger partial charge in [0.15, 0.2) is 6.61 Å². The maximum Gasteiger partial charge on any atom is 0.338 e. The fraction of sp³-hybridized carbons (Fsp3) is 0.176. The van der Waals surface area contributed by atoms with Gasteiger partial charge in [-0.1, -0.05) is 28.1 Å². The molecule has 126 valence electrons. The van der Waals surface area contributed by atoms with Gasteiger partial charge in [0.05, 0.1) is 11.6 Å². The molecule has 0 saturated heterocycles. The number of amides is 1. The third-order valence-electron chi connectivity index (χ3n) is 3.20. The van der Waals surface area contributed by atoms with Gasteiger partial charge in [-0.05, 0) is 31.2 Å². The Morgan fingerprint density at radius 2 is 1.96 bits per heavy atom. The van der Waals surface area contributed by atoms with Crippen molar-refractivity contribution in [3.8, 4) is 0 Å². The summed E-state index contributed by atoms with van der Waals surface area (Å²) < 4.78 is 32.1. The van der Waals surface area contributed by atoms with Crippen LogP contribution < -0.4 is 5.32 Å². The van der Waals surface area contributed by atoms with Crippen LogP contribution in [0.5, 0.6) is 0 Å². The number of halogens is 3. The number of carbonyl (C=O) groups excluding carboxylic acids is 2. The van der Waals surface area contributed by atoms with E-state index in [4.69, 9.17) is 4.74 Å². The van der Waals surface area contributed by atoms with Crippen molar-refractivity contribution < 1.29 is 23.1 Å². The van der Waals surface area contributed by atoms with Crippen LogP contribution in [-0.4, -0.2) is 18.5 Å². The maximum atomic E-state index is 13.6. The van der Waals surface area contributed by atoms with Crippen molar-refractivity contribution in [2.45, 2.75) is 13.0 Å². The third kappa shape index (κ3) is 4.86. The summed E-state index contributed by atoms with van der Waals surface area (Å²) >= 11 is 3.23. The molecule has 0 aromatic heterocycles. The fourth-order valence-electron chi connectivity index (χ4n) is 2.04. The largest absolute Gasteiger partial charge is 0.452 e. The van der Waals surface area contributed by atoms with E-state index in [1.165, 1.54) is 6.07 Å². The molecule has 0 heterocycles. The second kappa shape index (κ2) is 8.01. The molecular formula is C17H14BrF2NO3. The molecule has 1 atom stereocenters. The first-order valence-electron chi connectivity index (χ1n) is 7.04. The van der Waals surface area contributed by atoms with Gasteiger partial charge in [0.2, 0.25) is 0 Å². The first-order chi connectivity index (χ1) is 11.4. The first kappa shape index (κ1) is 18.1. The van der Waals surface area contributed by atoms with Crippen LogP contribution >= 0.6 is 15.9 Å². The smallest absolute Gasteiger partial charge is 0.338 e. The SMILES string of the molecule is C[C@H](NC(=O)COC(=O)c1cccc(Br)c1)c1ccc(F)cc1F. The molecule has 1 amide bonds.